The fourth-order valence-corrected chi connectivity index (χ4v) is 2.82. The van der Waals surface area contributed by atoms with Gasteiger partial charge >= 0.3 is 0 Å². The molecule has 2 aromatic rings. The fraction of sp³-hybridized carbons (Fsp3) is 0.278. The van der Waals surface area contributed by atoms with Crippen LogP contribution in [-0.4, -0.2) is 21.2 Å². The molecule has 2 rings (SSSR count). The first-order chi connectivity index (χ1) is 12.0. The van der Waals surface area contributed by atoms with E-state index in [2.05, 4.69) is 16.9 Å². The van der Waals surface area contributed by atoms with Gasteiger partial charge in [0, 0.05) is 0 Å². The highest BCUT2D eigenvalue weighted by Gasteiger charge is 2.12. The number of hydrogen-bond acceptors (Lipinski definition) is 4. The van der Waals surface area contributed by atoms with E-state index in [0.29, 0.717) is 6.61 Å². The summed E-state index contributed by atoms with van der Waals surface area (Å²) in [6.45, 7) is 2.82. The van der Waals surface area contributed by atoms with E-state index >= 15 is 0 Å². The molecular weight excluding hydrogens is 343 g/mol. The third-order valence-electron chi connectivity index (χ3n) is 3.41. The number of nitrogens with one attached hydrogen (secondary N) is 1. The summed E-state index contributed by atoms with van der Waals surface area (Å²) in [6.07, 6.45) is 4.69. The van der Waals surface area contributed by atoms with Crippen molar-refractivity contribution in [2.45, 2.75) is 31.1 Å². The normalized spacial score (nSPS) is 11.6. The second-order valence-corrected chi connectivity index (χ2v) is 7.09. The molecule has 7 heteroatoms. The lowest BCUT2D eigenvalue weighted by molar-refractivity contribution is 0.306. The summed E-state index contributed by atoms with van der Waals surface area (Å²) in [7, 11) is -3.81. The Balaban J connectivity index is 1.90. The monoisotopic (exact) mass is 364 g/mol. The summed E-state index contributed by atoms with van der Waals surface area (Å²) in [5.74, 6) is 0.264. The van der Waals surface area contributed by atoms with Crippen LogP contribution < -0.4 is 9.57 Å². The zero-order valence-electron chi connectivity index (χ0n) is 14.0. The highest BCUT2D eigenvalue weighted by atomic mass is 32.2. The maximum Gasteiger partial charge on any atom is 0.276 e. The zero-order valence-corrected chi connectivity index (χ0v) is 14.8. The maximum atomic E-state index is 12.8. The molecule has 134 valence electrons. The average Bonchev–Trinajstić information content (AvgIpc) is 2.60. The van der Waals surface area contributed by atoms with Crippen molar-refractivity contribution in [1.82, 2.24) is 4.83 Å². The molecule has 5 nitrogen and oxygen atoms in total. The van der Waals surface area contributed by atoms with Gasteiger partial charge in [0.05, 0.1) is 17.7 Å². The van der Waals surface area contributed by atoms with E-state index in [4.69, 9.17) is 4.74 Å². The third kappa shape index (κ3) is 6.19. The van der Waals surface area contributed by atoms with Crippen LogP contribution in [0.1, 0.15) is 31.7 Å². The number of hydrazone groups is 1. The standard InChI is InChI=1S/C18H21FN2O3S/c1-2-3-4-13-24-17-9-5-15(6-10-17)14-20-21-25(22,23)18-11-7-16(19)8-12-18/h5-12,14,21H,2-4,13H2,1H3/b20-14+. The van der Waals surface area contributed by atoms with Crippen molar-refractivity contribution in [2.24, 2.45) is 5.10 Å². The molecule has 0 atom stereocenters. The molecule has 0 aliphatic rings. The Morgan fingerprint density at radius 3 is 2.40 bits per heavy atom. The molecule has 0 heterocycles. The van der Waals surface area contributed by atoms with E-state index in [1.54, 1.807) is 12.1 Å². The summed E-state index contributed by atoms with van der Waals surface area (Å²) in [6, 6.07) is 11.7. The van der Waals surface area contributed by atoms with Gasteiger partial charge in [-0.1, -0.05) is 19.8 Å². The summed E-state index contributed by atoms with van der Waals surface area (Å²) >= 11 is 0. The van der Waals surface area contributed by atoms with Crippen LogP contribution >= 0.6 is 0 Å². The smallest absolute Gasteiger partial charge is 0.276 e. The molecule has 2 aromatic carbocycles. The minimum Gasteiger partial charge on any atom is -0.494 e. The van der Waals surface area contributed by atoms with Crippen molar-refractivity contribution < 1.29 is 17.5 Å². The van der Waals surface area contributed by atoms with Crippen LogP contribution in [0.25, 0.3) is 0 Å². The number of nitrogens with zero attached hydrogens (tertiary/aromatic N) is 1. The minimum absolute atomic E-state index is 0.0538. The molecule has 0 bridgehead atoms. The van der Waals surface area contributed by atoms with Gasteiger partial charge in [0.2, 0.25) is 0 Å². The summed E-state index contributed by atoms with van der Waals surface area (Å²) < 4.78 is 42.4. The molecule has 0 radical (unpaired) electrons. The molecule has 0 unspecified atom stereocenters. The molecule has 25 heavy (non-hydrogen) atoms. The molecule has 0 aromatic heterocycles. The number of hydrogen-bond donors (Lipinski definition) is 1. The topological polar surface area (TPSA) is 67.8 Å². The van der Waals surface area contributed by atoms with Crippen molar-refractivity contribution in [3.05, 3.63) is 59.9 Å². The first kappa shape index (κ1) is 18.9. The van der Waals surface area contributed by atoms with Gasteiger partial charge in [-0.25, -0.2) is 9.22 Å². The Morgan fingerprint density at radius 2 is 1.76 bits per heavy atom. The Bertz CT molecular complexity index is 788. The van der Waals surface area contributed by atoms with E-state index < -0.39 is 15.8 Å². The summed E-state index contributed by atoms with van der Waals surface area (Å²) in [5.41, 5.74) is 0.725. The lowest BCUT2D eigenvalue weighted by Crippen LogP contribution is -2.18. The van der Waals surface area contributed by atoms with Crippen LogP contribution in [0.15, 0.2) is 58.5 Å². The minimum atomic E-state index is -3.81. The van der Waals surface area contributed by atoms with Gasteiger partial charge in [0.25, 0.3) is 10.0 Å². The molecule has 0 aliphatic carbocycles. The summed E-state index contributed by atoms with van der Waals surface area (Å²) in [4.78, 5) is 2.04. The third-order valence-corrected chi connectivity index (χ3v) is 4.65. The lowest BCUT2D eigenvalue weighted by atomic mass is 10.2. The predicted molar refractivity (Wildman–Crippen MR) is 95.8 cm³/mol. The summed E-state index contributed by atoms with van der Waals surface area (Å²) in [5, 5.41) is 3.73. The zero-order chi connectivity index (χ0) is 18.1. The van der Waals surface area contributed by atoms with E-state index in [0.717, 1.165) is 42.7 Å². The van der Waals surface area contributed by atoms with Crippen LogP contribution in [0.3, 0.4) is 0 Å². The highest BCUT2D eigenvalue weighted by molar-refractivity contribution is 7.89. The molecule has 0 spiro atoms. The molecular formula is C18H21FN2O3S. The van der Waals surface area contributed by atoms with Gasteiger partial charge < -0.3 is 4.74 Å². The maximum absolute atomic E-state index is 12.8. The first-order valence-electron chi connectivity index (χ1n) is 8.04. The molecule has 0 saturated carbocycles. The van der Waals surface area contributed by atoms with Crippen LogP contribution in [0.5, 0.6) is 5.75 Å². The number of ether oxygens (including phenoxy) is 1. The quantitative estimate of drug-likeness (QED) is 0.419. The second kappa shape index (κ2) is 9.17. The van der Waals surface area contributed by atoms with Crippen molar-refractivity contribution in [3.63, 3.8) is 0 Å². The van der Waals surface area contributed by atoms with E-state index in [1.165, 1.54) is 18.3 Å². The second-order valence-electron chi connectivity index (χ2n) is 5.43. The highest BCUT2D eigenvalue weighted by Crippen LogP contribution is 2.12. The van der Waals surface area contributed by atoms with Crippen LogP contribution in [0.4, 0.5) is 4.39 Å². The fourth-order valence-electron chi connectivity index (χ4n) is 2.03. The Labute approximate surface area is 147 Å². The lowest BCUT2D eigenvalue weighted by Gasteiger charge is -2.05. The number of benzene rings is 2. The number of sulfonamides is 1. The Morgan fingerprint density at radius 1 is 1.08 bits per heavy atom. The van der Waals surface area contributed by atoms with E-state index in [-0.39, 0.29) is 4.90 Å². The van der Waals surface area contributed by atoms with Gasteiger partial charge in [-0.3, -0.25) is 0 Å². The van der Waals surface area contributed by atoms with Crippen molar-refractivity contribution >= 4 is 16.2 Å². The largest absolute Gasteiger partial charge is 0.494 e. The SMILES string of the molecule is CCCCCOc1ccc(/C=N/NS(=O)(=O)c2ccc(F)cc2)cc1. The van der Waals surface area contributed by atoms with Crippen molar-refractivity contribution in [1.29, 1.82) is 0 Å². The molecule has 0 saturated heterocycles. The van der Waals surface area contributed by atoms with Gasteiger partial charge in [-0.15, -0.1) is 0 Å². The van der Waals surface area contributed by atoms with Gasteiger partial charge in [0.15, 0.2) is 0 Å². The molecule has 0 amide bonds. The number of rotatable bonds is 9. The van der Waals surface area contributed by atoms with Gasteiger partial charge in [-0.2, -0.15) is 13.5 Å². The van der Waals surface area contributed by atoms with Crippen LogP contribution in [0, 0.1) is 5.82 Å². The molecule has 0 fully saturated rings. The number of halogens is 1. The van der Waals surface area contributed by atoms with Gasteiger partial charge in [-0.05, 0) is 60.5 Å². The van der Waals surface area contributed by atoms with E-state index in [9.17, 15) is 12.8 Å². The number of unbranched alkanes of at least 4 members (excludes halogenated alkanes) is 2. The Kier molecular flexibility index (Phi) is 6.94. The molecule has 0 aliphatic heterocycles. The van der Waals surface area contributed by atoms with Gasteiger partial charge in [0.1, 0.15) is 11.6 Å². The molecule has 1 N–H and O–H groups in total. The average molecular weight is 364 g/mol. The van der Waals surface area contributed by atoms with E-state index in [1.807, 2.05) is 12.1 Å². The van der Waals surface area contributed by atoms with Crippen LogP contribution in [0.2, 0.25) is 0 Å². The van der Waals surface area contributed by atoms with Crippen LogP contribution in [-0.2, 0) is 10.0 Å². The van der Waals surface area contributed by atoms with Crippen molar-refractivity contribution in [3.8, 4) is 5.75 Å². The Hall–Kier alpha value is -2.41. The predicted octanol–water partition coefficient (Wildman–Crippen LogP) is 3.71. The first-order valence-corrected chi connectivity index (χ1v) is 9.53. The van der Waals surface area contributed by atoms with Crippen molar-refractivity contribution in [2.75, 3.05) is 6.61 Å².